The molecule has 3 rings (SSSR count). The number of hydrogen-bond donors (Lipinski definition) is 0. The Hall–Kier alpha value is -2.33. The second kappa shape index (κ2) is 5.22. The van der Waals surface area contributed by atoms with Crippen molar-refractivity contribution in [2.75, 3.05) is 19.0 Å². The largest absolute Gasteiger partial charge is 0.433 e. The topological polar surface area (TPSA) is 46.3 Å². The summed E-state index contributed by atoms with van der Waals surface area (Å²) < 4.78 is 5.58. The zero-order chi connectivity index (χ0) is 15.0. The number of ketones is 1. The molecule has 21 heavy (non-hydrogen) atoms. The van der Waals surface area contributed by atoms with E-state index in [4.69, 9.17) is 16.0 Å². The predicted octanol–water partition coefficient (Wildman–Crippen LogP) is 3.78. The van der Waals surface area contributed by atoms with Crippen LogP contribution < -0.4 is 4.90 Å². The molecule has 0 atom stereocenters. The first-order valence-corrected chi connectivity index (χ1v) is 6.80. The lowest BCUT2D eigenvalue weighted by atomic mass is 10.1. The summed E-state index contributed by atoms with van der Waals surface area (Å²) >= 11 is 5.82. The Morgan fingerprint density at radius 1 is 1.14 bits per heavy atom. The second-order valence-electron chi connectivity index (χ2n) is 4.90. The summed E-state index contributed by atoms with van der Waals surface area (Å²) in [5, 5.41) is 0.583. The molecule has 0 N–H and O–H groups in total. The molecule has 4 nitrogen and oxygen atoms in total. The van der Waals surface area contributed by atoms with Gasteiger partial charge in [-0.3, -0.25) is 4.79 Å². The molecule has 0 saturated carbocycles. The average Bonchev–Trinajstić information content (AvgIpc) is 2.90. The monoisotopic (exact) mass is 300 g/mol. The summed E-state index contributed by atoms with van der Waals surface area (Å²) in [5.74, 6) is -0.169. The molecule has 0 unspecified atom stereocenters. The molecule has 2 aromatic carbocycles. The van der Waals surface area contributed by atoms with E-state index >= 15 is 0 Å². The highest BCUT2D eigenvalue weighted by atomic mass is 35.5. The quantitative estimate of drug-likeness (QED) is 0.691. The van der Waals surface area contributed by atoms with Gasteiger partial charge in [0.25, 0.3) is 5.89 Å². The van der Waals surface area contributed by atoms with E-state index < -0.39 is 0 Å². The van der Waals surface area contributed by atoms with Gasteiger partial charge in [0.1, 0.15) is 5.52 Å². The Balaban J connectivity index is 2.00. The molecule has 106 valence electrons. The van der Waals surface area contributed by atoms with Crippen LogP contribution in [0.25, 0.3) is 11.1 Å². The molecular weight excluding hydrogens is 288 g/mol. The number of carbonyl (C=O) groups excluding carboxylic acids is 1. The van der Waals surface area contributed by atoms with Gasteiger partial charge >= 0.3 is 0 Å². The molecule has 3 aromatic rings. The standard InChI is InChI=1S/C16H13ClN2O2/c1-19(2)12-7-8-13-14(9-12)21-16(18-13)15(20)10-3-5-11(17)6-4-10/h3-9H,1-2H3. The minimum atomic E-state index is -0.255. The summed E-state index contributed by atoms with van der Waals surface area (Å²) in [4.78, 5) is 18.5. The van der Waals surface area contributed by atoms with Crippen molar-refractivity contribution in [2.24, 2.45) is 0 Å². The van der Waals surface area contributed by atoms with Crippen molar-refractivity contribution in [3.8, 4) is 0 Å². The van der Waals surface area contributed by atoms with Crippen LogP contribution in [0.1, 0.15) is 16.2 Å². The Bertz CT molecular complexity index is 807. The van der Waals surface area contributed by atoms with Crippen LogP contribution in [-0.4, -0.2) is 24.9 Å². The number of anilines is 1. The molecule has 5 heteroatoms. The lowest BCUT2D eigenvalue weighted by molar-refractivity contribution is 0.100. The molecule has 0 aliphatic heterocycles. The predicted molar refractivity (Wildman–Crippen MR) is 83.2 cm³/mol. The first-order valence-electron chi connectivity index (χ1n) is 6.43. The van der Waals surface area contributed by atoms with Gasteiger partial charge in [0.15, 0.2) is 5.58 Å². The maximum atomic E-state index is 12.3. The average molecular weight is 301 g/mol. The Morgan fingerprint density at radius 2 is 1.86 bits per heavy atom. The Morgan fingerprint density at radius 3 is 2.52 bits per heavy atom. The summed E-state index contributed by atoms with van der Waals surface area (Å²) in [6.45, 7) is 0. The molecule has 0 spiro atoms. The number of rotatable bonds is 3. The van der Waals surface area contributed by atoms with E-state index in [1.165, 1.54) is 0 Å². The minimum absolute atomic E-state index is 0.0863. The van der Waals surface area contributed by atoms with E-state index in [0.717, 1.165) is 5.69 Å². The number of oxazole rings is 1. The maximum absolute atomic E-state index is 12.3. The van der Waals surface area contributed by atoms with Crippen LogP contribution in [0.3, 0.4) is 0 Å². The fraction of sp³-hybridized carbons (Fsp3) is 0.125. The van der Waals surface area contributed by atoms with Gasteiger partial charge < -0.3 is 9.32 Å². The fourth-order valence-electron chi connectivity index (χ4n) is 2.01. The van der Waals surface area contributed by atoms with Gasteiger partial charge in [0, 0.05) is 36.4 Å². The molecule has 0 aliphatic rings. The van der Waals surface area contributed by atoms with Crippen LogP contribution in [0.4, 0.5) is 5.69 Å². The van der Waals surface area contributed by atoms with Crippen LogP contribution >= 0.6 is 11.6 Å². The number of aromatic nitrogens is 1. The highest BCUT2D eigenvalue weighted by Crippen LogP contribution is 2.23. The molecule has 0 amide bonds. The van der Waals surface area contributed by atoms with E-state index in [-0.39, 0.29) is 11.7 Å². The van der Waals surface area contributed by atoms with E-state index in [9.17, 15) is 4.79 Å². The van der Waals surface area contributed by atoms with Crippen molar-refractivity contribution in [3.63, 3.8) is 0 Å². The van der Waals surface area contributed by atoms with Crippen molar-refractivity contribution >= 4 is 34.2 Å². The van der Waals surface area contributed by atoms with Gasteiger partial charge in [-0.2, -0.15) is 0 Å². The number of carbonyl (C=O) groups is 1. The minimum Gasteiger partial charge on any atom is -0.433 e. The summed E-state index contributed by atoms with van der Waals surface area (Å²) in [6.07, 6.45) is 0. The van der Waals surface area contributed by atoms with Gasteiger partial charge in [-0.15, -0.1) is 0 Å². The third kappa shape index (κ3) is 2.62. The zero-order valence-electron chi connectivity index (χ0n) is 11.6. The Labute approximate surface area is 127 Å². The van der Waals surface area contributed by atoms with E-state index in [1.807, 2.05) is 37.2 Å². The first kappa shape index (κ1) is 13.6. The van der Waals surface area contributed by atoms with Crippen molar-refractivity contribution in [1.82, 2.24) is 4.98 Å². The zero-order valence-corrected chi connectivity index (χ0v) is 12.4. The van der Waals surface area contributed by atoms with E-state index in [0.29, 0.717) is 21.7 Å². The van der Waals surface area contributed by atoms with Crippen LogP contribution in [0.2, 0.25) is 5.02 Å². The molecule has 0 saturated heterocycles. The fourth-order valence-corrected chi connectivity index (χ4v) is 2.14. The number of fused-ring (bicyclic) bond motifs is 1. The lowest BCUT2D eigenvalue weighted by Crippen LogP contribution is -2.07. The summed E-state index contributed by atoms with van der Waals surface area (Å²) in [7, 11) is 3.88. The highest BCUT2D eigenvalue weighted by Gasteiger charge is 2.16. The van der Waals surface area contributed by atoms with Gasteiger partial charge in [0.05, 0.1) is 0 Å². The molecule has 1 heterocycles. The molecule has 0 fully saturated rings. The molecule has 1 aromatic heterocycles. The van der Waals surface area contributed by atoms with Crippen molar-refractivity contribution in [1.29, 1.82) is 0 Å². The third-order valence-corrected chi connectivity index (χ3v) is 3.44. The summed E-state index contributed by atoms with van der Waals surface area (Å²) in [5.41, 5.74) is 2.75. The molecule has 0 radical (unpaired) electrons. The number of nitrogens with zero attached hydrogens (tertiary/aromatic N) is 2. The van der Waals surface area contributed by atoms with Crippen molar-refractivity contribution in [2.45, 2.75) is 0 Å². The SMILES string of the molecule is CN(C)c1ccc2nc(C(=O)c3ccc(Cl)cc3)oc2c1. The normalized spacial score (nSPS) is 10.8. The van der Waals surface area contributed by atoms with Gasteiger partial charge in [-0.25, -0.2) is 4.98 Å². The van der Waals surface area contributed by atoms with Crippen LogP contribution in [-0.2, 0) is 0 Å². The van der Waals surface area contributed by atoms with Gasteiger partial charge in [-0.05, 0) is 36.4 Å². The van der Waals surface area contributed by atoms with Crippen molar-refractivity contribution in [3.05, 3.63) is 58.9 Å². The second-order valence-corrected chi connectivity index (χ2v) is 5.34. The van der Waals surface area contributed by atoms with Crippen LogP contribution in [0.15, 0.2) is 46.9 Å². The number of benzene rings is 2. The molecular formula is C16H13ClN2O2. The molecule has 0 aliphatic carbocycles. The molecule has 0 bridgehead atoms. The summed E-state index contributed by atoms with van der Waals surface area (Å²) in [6, 6.07) is 12.3. The number of halogens is 1. The van der Waals surface area contributed by atoms with Crippen LogP contribution in [0, 0.1) is 0 Å². The highest BCUT2D eigenvalue weighted by molar-refractivity contribution is 6.30. The van der Waals surface area contributed by atoms with Gasteiger partial charge in [0.2, 0.25) is 5.78 Å². The number of hydrogen-bond acceptors (Lipinski definition) is 4. The maximum Gasteiger partial charge on any atom is 0.269 e. The third-order valence-electron chi connectivity index (χ3n) is 3.19. The van der Waals surface area contributed by atoms with Gasteiger partial charge in [-0.1, -0.05) is 11.6 Å². The van der Waals surface area contributed by atoms with E-state index in [1.54, 1.807) is 24.3 Å². The first-order chi connectivity index (χ1) is 10.0. The lowest BCUT2D eigenvalue weighted by Gasteiger charge is -2.10. The van der Waals surface area contributed by atoms with Crippen LogP contribution in [0.5, 0.6) is 0 Å². The van der Waals surface area contributed by atoms with Crippen molar-refractivity contribution < 1.29 is 9.21 Å². The smallest absolute Gasteiger partial charge is 0.269 e. The van der Waals surface area contributed by atoms with E-state index in [2.05, 4.69) is 4.98 Å². The Kier molecular flexibility index (Phi) is 3.39.